The van der Waals surface area contributed by atoms with E-state index in [1.807, 2.05) is 0 Å². The number of hydrogen-bond donors (Lipinski definition) is 2. The lowest BCUT2D eigenvalue weighted by atomic mass is 9.77. The zero-order valence-corrected chi connectivity index (χ0v) is 18.6. The number of allylic oxidation sites excluding steroid dienone is 1. The van der Waals surface area contributed by atoms with Crippen LogP contribution >= 0.6 is 0 Å². The highest BCUT2D eigenvalue weighted by molar-refractivity contribution is 5.80. The second-order valence-corrected chi connectivity index (χ2v) is 8.97. The van der Waals surface area contributed by atoms with E-state index >= 15 is 0 Å². The normalized spacial score (nSPS) is 22.5. The first kappa shape index (κ1) is 23.6. The van der Waals surface area contributed by atoms with Gasteiger partial charge in [0.25, 0.3) is 0 Å². The molecule has 0 spiro atoms. The van der Waals surface area contributed by atoms with Gasteiger partial charge in [0.05, 0.1) is 24.5 Å². The van der Waals surface area contributed by atoms with Crippen LogP contribution in [0.25, 0.3) is 16.7 Å². The minimum Gasteiger partial charge on any atom is -0.512 e. The smallest absolute Gasteiger partial charge is 0.416 e. The molecule has 2 aromatic rings. The maximum Gasteiger partial charge on any atom is 0.416 e. The average Bonchev–Trinajstić information content (AvgIpc) is 2.79. The van der Waals surface area contributed by atoms with Crippen molar-refractivity contribution in [2.45, 2.75) is 44.4 Å². The zero-order chi connectivity index (χ0) is 23.6. The van der Waals surface area contributed by atoms with Crippen molar-refractivity contribution in [2.75, 3.05) is 20.3 Å². The number of benzene rings is 2. The molecule has 1 heterocycles. The Labute approximate surface area is 191 Å². The monoisotopic (exact) mass is 462 g/mol. The minimum absolute atomic E-state index is 0.116. The molecule has 2 N–H and O–H groups in total. The molecule has 4 nitrogen and oxygen atoms in total. The minimum atomic E-state index is -4.44. The number of aliphatic hydroxyl groups excluding tert-OH is 2. The van der Waals surface area contributed by atoms with Crippen LogP contribution in [-0.2, 0) is 10.9 Å². The number of halogens is 3. The van der Waals surface area contributed by atoms with Crippen LogP contribution in [0.15, 0.2) is 48.2 Å². The highest BCUT2D eigenvalue weighted by Gasteiger charge is 2.33. The lowest BCUT2D eigenvalue weighted by molar-refractivity contribution is -0.137. The van der Waals surface area contributed by atoms with Crippen molar-refractivity contribution in [3.05, 3.63) is 59.4 Å². The van der Waals surface area contributed by atoms with E-state index in [0.717, 1.165) is 44.6 Å². The predicted octanol–water partition coefficient (Wildman–Crippen LogP) is 6.24. The molecule has 4 rings (SSSR count). The van der Waals surface area contributed by atoms with E-state index in [2.05, 4.69) is 0 Å². The van der Waals surface area contributed by atoms with Crippen LogP contribution in [0.3, 0.4) is 0 Å². The second kappa shape index (κ2) is 9.77. The van der Waals surface area contributed by atoms with E-state index in [1.165, 1.54) is 13.2 Å². The zero-order valence-electron chi connectivity index (χ0n) is 18.6. The highest BCUT2D eigenvalue weighted by atomic mass is 19.4. The third-order valence-corrected chi connectivity index (χ3v) is 6.70. The van der Waals surface area contributed by atoms with Crippen LogP contribution in [-0.4, -0.2) is 36.6 Å². The third-order valence-electron chi connectivity index (χ3n) is 6.70. The first-order valence-corrected chi connectivity index (χ1v) is 11.3. The fourth-order valence-electron chi connectivity index (χ4n) is 5.03. The van der Waals surface area contributed by atoms with E-state index in [1.54, 1.807) is 24.3 Å². The van der Waals surface area contributed by atoms with E-state index < -0.39 is 17.8 Å². The van der Waals surface area contributed by atoms with E-state index in [4.69, 9.17) is 9.47 Å². The van der Waals surface area contributed by atoms with Crippen LogP contribution in [0.5, 0.6) is 5.75 Å². The summed E-state index contributed by atoms with van der Waals surface area (Å²) in [7, 11) is 1.49. The molecular weight excluding hydrogens is 433 g/mol. The van der Waals surface area contributed by atoms with Crippen LogP contribution in [0, 0.1) is 11.8 Å². The molecule has 1 aliphatic carbocycles. The van der Waals surface area contributed by atoms with Crippen molar-refractivity contribution in [3.63, 3.8) is 0 Å². The Morgan fingerprint density at radius 3 is 2.42 bits per heavy atom. The first-order valence-electron chi connectivity index (χ1n) is 11.3. The van der Waals surface area contributed by atoms with E-state index in [-0.39, 0.29) is 11.7 Å². The standard InChI is InChI=1S/C26H29F3O4/c1-32-24-6-5-19(18-3-2-4-20(14-18)26(27,28)29)15-21(24)25-22(30)12-17(13-23(25)31)11-16-7-9-33-10-8-16/h2-6,14-17,22,30-31H,7-13H2,1H3. The maximum absolute atomic E-state index is 13.2. The molecule has 178 valence electrons. The van der Waals surface area contributed by atoms with Crippen LogP contribution in [0.1, 0.15) is 43.2 Å². The van der Waals surface area contributed by atoms with Gasteiger partial charge in [0.15, 0.2) is 0 Å². The largest absolute Gasteiger partial charge is 0.512 e. The number of ether oxygens (including phenoxy) is 2. The molecule has 0 amide bonds. The van der Waals surface area contributed by atoms with Gasteiger partial charge in [-0.05, 0) is 72.9 Å². The quantitative estimate of drug-likeness (QED) is 0.552. The van der Waals surface area contributed by atoms with Gasteiger partial charge in [-0.15, -0.1) is 0 Å². The summed E-state index contributed by atoms with van der Waals surface area (Å²) in [6, 6.07) is 10.1. The van der Waals surface area contributed by atoms with Gasteiger partial charge < -0.3 is 19.7 Å². The fourth-order valence-corrected chi connectivity index (χ4v) is 5.03. The van der Waals surface area contributed by atoms with Gasteiger partial charge in [-0.25, -0.2) is 0 Å². The van der Waals surface area contributed by atoms with Crippen molar-refractivity contribution < 1.29 is 32.9 Å². The number of rotatable bonds is 5. The number of alkyl halides is 3. The molecule has 1 saturated heterocycles. The molecule has 33 heavy (non-hydrogen) atoms. The number of hydrogen-bond acceptors (Lipinski definition) is 4. The SMILES string of the molecule is COc1ccc(-c2cccc(C(F)(F)F)c2)cc1C1=C(O)CC(CC2CCOCC2)CC1O. The Bertz CT molecular complexity index is 1010. The second-order valence-electron chi connectivity index (χ2n) is 8.97. The molecule has 0 radical (unpaired) electrons. The Hall–Kier alpha value is -2.51. The molecule has 2 unspecified atom stereocenters. The molecule has 1 aliphatic heterocycles. The number of methoxy groups -OCH3 is 1. The van der Waals surface area contributed by atoms with Gasteiger partial charge in [0.1, 0.15) is 5.75 Å². The molecule has 2 aliphatic rings. The summed E-state index contributed by atoms with van der Waals surface area (Å²) in [4.78, 5) is 0. The Morgan fingerprint density at radius 2 is 1.76 bits per heavy atom. The van der Waals surface area contributed by atoms with Gasteiger partial charge in [-0.1, -0.05) is 18.2 Å². The first-order chi connectivity index (χ1) is 15.8. The summed E-state index contributed by atoms with van der Waals surface area (Å²) >= 11 is 0. The van der Waals surface area contributed by atoms with Gasteiger partial charge in [-0.2, -0.15) is 13.2 Å². The molecule has 0 saturated carbocycles. The Kier molecular flexibility index (Phi) is 7.00. The molecule has 2 atom stereocenters. The van der Waals surface area contributed by atoms with Crippen molar-refractivity contribution in [1.82, 2.24) is 0 Å². The summed E-state index contributed by atoms with van der Waals surface area (Å²) in [6.45, 7) is 1.51. The van der Waals surface area contributed by atoms with Crippen LogP contribution < -0.4 is 4.74 Å². The third kappa shape index (κ3) is 5.36. The Morgan fingerprint density at radius 1 is 1.03 bits per heavy atom. The molecular formula is C26H29F3O4. The highest BCUT2D eigenvalue weighted by Crippen LogP contribution is 2.42. The predicted molar refractivity (Wildman–Crippen MR) is 120 cm³/mol. The summed E-state index contributed by atoms with van der Waals surface area (Å²) in [5.74, 6) is 1.27. The van der Waals surface area contributed by atoms with Gasteiger partial charge >= 0.3 is 6.18 Å². The van der Waals surface area contributed by atoms with Gasteiger partial charge in [0.2, 0.25) is 0 Å². The van der Waals surface area contributed by atoms with E-state index in [0.29, 0.717) is 46.8 Å². The fraction of sp³-hybridized carbons (Fsp3) is 0.462. The average molecular weight is 463 g/mol. The summed E-state index contributed by atoms with van der Waals surface area (Å²) in [6.07, 6.45) is -1.42. The van der Waals surface area contributed by atoms with Crippen molar-refractivity contribution >= 4 is 5.57 Å². The summed E-state index contributed by atoms with van der Waals surface area (Å²) in [5.41, 5.74) is 1.11. The lowest BCUT2D eigenvalue weighted by Crippen LogP contribution is -2.26. The molecule has 7 heteroatoms. The maximum atomic E-state index is 13.2. The molecule has 1 fully saturated rings. The topological polar surface area (TPSA) is 58.9 Å². The van der Waals surface area contributed by atoms with E-state index in [9.17, 15) is 23.4 Å². The summed E-state index contributed by atoms with van der Waals surface area (Å²) in [5, 5.41) is 21.9. The van der Waals surface area contributed by atoms with Gasteiger partial charge in [0, 0.05) is 30.8 Å². The summed E-state index contributed by atoms with van der Waals surface area (Å²) < 4.78 is 50.4. The van der Waals surface area contributed by atoms with Crippen molar-refractivity contribution in [1.29, 1.82) is 0 Å². The van der Waals surface area contributed by atoms with Gasteiger partial charge in [-0.3, -0.25) is 0 Å². The molecule has 0 bridgehead atoms. The molecule has 0 aromatic heterocycles. The van der Waals surface area contributed by atoms with Crippen molar-refractivity contribution in [3.8, 4) is 16.9 Å². The molecule has 2 aromatic carbocycles. The van der Waals surface area contributed by atoms with Crippen molar-refractivity contribution in [2.24, 2.45) is 11.8 Å². The van der Waals surface area contributed by atoms with Crippen LogP contribution in [0.4, 0.5) is 13.2 Å². The number of aliphatic hydroxyl groups is 2. The van der Waals surface area contributed by atoms with Crippen LogP contribution in [0.2, 0.25) is 0 Å². The Balaban J connectivity index is 1.64. The lowest BCUT2D eigenvalue weighted by Gasteiger charge is -2.33.